The number of fused-ring (bicyclic) bond motifs is 4. The maximum Gasteiger partial charge on any atom is 0.162 e. The normalized spacial score (nSPS) is 12.1. The number of aromatic nitrogens is 2. The molecule has 0 spiro atoms. The molecule has 3 heterocycles. The quantitative estimate of drug-likeness (QED) is 0.0591. The van der Waals surface area contributed by atoms with Gasteiger partial charge in [-0.1, -0.05) is 87.2 Å². The number of aliphatic hydroxyl groups is 1. The second kappa shape index (κ2) is 12.5. The van der Waals surface area contributed by atoms with Gasteiger partial charge < -0.3 is 9.51 Å². The van der Waals surface area contributed by atoms with Gasteiger partial charge in [-0.15, -0.1) is 23.1 Å². The van der Waals surface area contributed by atoms with Crippen molar-refractivity contribution in [1.82, 2.24) is 9.38 Å². The van der Waals surface area contributed by atoms with Gasteiger partial charge in [0, 0.05) is 55.2 Å². The molecule has 0 amide bonds. The van der Waals surface area contributed by atoms with Crippen LogP contribution in [0.3, 0.4) is 0 Å². The number of carbonyl (C=O) groups is 1. The van der Waals surface area contributed by atoms with E-state index in [9.17, 15) is 9.90 Å². The third kappa shape index (κ3) is 5.13. The molecule has 1 N–H and O–H groups in total. The van der Waals surface area contributed by atoms with E-state index >= 15 is 0 Å². The maximum absolute atomic E-state index is 11.7. The van der Waals surface area contributed by atoms with Crippen LogP contribution in [0.4, 0.5) is 0 Å². The minimum Gasteiger partial charge on any atom is -0.512 e. The monoisotopic (exact) mass is 710 g/mol. The van der Waals surface area contributed by atoms with E-state index in [1.54, 1.807) is 0 Å². The number of hydrogen-bond acceptors (Lipinski definition) is 3. The Morgan fingerprint density at radius 3 is 2.33 bits per heavy atom. The second-order valence-electron chi connectivity index (χ2n) is 10.5. The molecule has 1 radical (unpaired) electrons. The van der Waals surface area contributed by atoms with Crippen LogP contribution in [-0.2, 0) is 24.9 Å². The molecule has 0 atom stereocenters. The van der Waals surface area contributed by atoms with Crippen LogP contribution in [0, 0.1) is 24.8 Å². The van der Waals surface area contributed by atoms with Gasteiger partial charge in [0.05, 0.1) is 11.4 Å². The number of pyridine rings is 1. The van der Waals surface area contributed by atoms with Crippen molar-refractivity contribution in [2.75, 3.05) is 0 Å². The molecule has 40 heavy (non-hydrogen) atoms. The number of carbonyl (C=O) groups excluding carboxylic acids is 1. The fourth-order valence-electron chi connectivity index (χ4n) is 5.97. The van der Waals surface area contributed by atoms with Gasteiger partial charge in [0.15, 0.2) is 5.78 Å². The van der Waals surface area contributed by atoms with E-state index in [4.69, 9.17) is 4.98 Å². The molecule has 209 valence electrons. The largest absolute Gasteiger partial charge is 0.512 e. The number of aryl methyl sites for hydroxylation is 1. The summed E-state index contributed by atoms with van der Waals surface area (Å²) >= 11 is 0. The van der Waals surface area contributed by atoms with E-state index in [1.165, 1.54) is 44.2 Å². The zero-order valence-corrected chi connectivity index (χ0v) is 26.3. The summed E-state index contributed by atoms with van der Waals surface area (Å²) in [7, 11) is 0. The number of benzene rings is 3. The Labute approximate surface area is 249 Å². The molecule has 3 aromatic carbocycles. The molecular formula is C35H37IrN2O2-. The number of para-hydroxylation sites is 1. The average Bonchev–Trinajstić information content (AvgIpc) is 3.34. The molecule has 0 bridgehead atoms. The van der Waals surface area contributed by atoms with Crippen molar-refractivity contribution in [3.05, 3.63) is 84.3 Å². The summed E-state index contributed by atoms with van der Waals surface area (Å²) < 4.78 is 2.28. The van der Waals surface area contributed by atoms with E-state index < -0.39 is 0 Å². The van der Waals surface area contributed by atoms with Gasteiger partial charge in [-0.3, -0.25) is 9.78 Å². The molecule has 0 saturated heterocycles. The topological polar surface area (TPSA) is 54.6 Å². The van der Waals surface area contributed by atoms with Crippen LogP contribution in [0.25, 0.3) is 49.0 Å². The molecule has 6 aromatic rings. The molecule has 5 heteroatoms. The molecule has 0 aliphatic carbocycles. The Kier molecular flexibility index (Phi) is 9.28. The Balaban J connectivity index is 0.000000204. The Hall–Kier alpha value is -3.27. The van der Waals surface area contributed by atoms with E-state index in [-0.39, 0.29) is 43.5 Å². The Bertz CT molecular complexity index is 1810. The van der Waals surface area contributed by atoms with E-state index in [0.29, 0.717) is 0 Å². The first kappa shape index (κ1) is 29.7. The minimum atomic E-state index is 0. The van der Waals surface area contributed by atoms with Crippen LogP contribution in [0.5, 0.6) is 0 Å². The molecule has 3 aromatic heterocycles. The van der Waals surface area contributed by atoms with Crippen LogP contribution in [0.1, 0.15) is 58.9 Å². The van der Waals surface area contributed by atoms with Gasteiger partial charge in [-0.2, -0.15) is 0 Å². The number of rotatable bonds is 7. The first-order chi connectivity index (χ1) is 18.9. The van der Waals surface area contributed by atoms with Gasteiger partial charge in [0.1, 0.15) is 0 Å². The van der Waals surface area contributed by atoms with Gasteiger partial charge in [-0.25, -0.2) is 0 Å². The van der Waals surface area contributed by atoms with Crippen LogP contribution in [0.15, 0.2) is 72.6 Å². The van der Waals surface area contributed by atoms with Crippen molar-refractivity contribution in [3.63, 3.8) is 0 Å². The summed E-state index contributed by atoms with van der Waals surface area (Å²) in [5.74, 6) is 0.547. The third-order valence-electron chi connectivity index (χ3n) is 8.30. The number of allylic oxidation sites excluding steroid dienone is 2. The first-order valence-corrected chi connectivity index (χ1v) is 14.2. The number of nitrogens with zero attached hydrogens (tertiary/aromatic N) is 2. The van der Waals surface area contributed by atoms with Crippen molar-refractivity contribution >= 4 is 54.8 Å². The summed E-state index contributed by atoms with van der Waals surface area (Å²) in [5.41, 5.74) is 4.74. The van der Waals surface area contributed by atoms with Crippen LogP contribution in [0.2, 0.25) is 0 Å². The molecule has 0 aliphatic rings. The predicted octanol–water partition coefficient (Wildman–Crippen LogP) is 9.36. The number of hydrogen-bond donors (Lipinski definition) is 1. The Morgan fingerprint density at radius 2 is 1.62 bits per heavy atom. The van der Waals surface area contributed by atoms with Crippen molar-refractivity contribution in [3.8, 4) is 0 Å². The Morgan fingerprint density at radius 1 is 0.950 bits per heavy atom. The van der Waals surface area contributed by atoms with Crippen molar-refractivity contribution in [1.29, 1.82) is 0 Å². The smallest absolute Gasteiger partial charge is 0.162 e. The summed E-state index contributed by atoms with van der Waals surface area (Å²) in [6, 6.07) is 23.0. The average molecular weight is 710 g/mol. The van der Waals surface area contributed by atoms with Crippen LogP contribution >= 0.6 is 0 Å². The fraction of sp³-hybridized carbons (Fsp3) is 0.314. The first-order valence-electron chi connectivity index (χ1n) is 14.2. The molecular weight excluding hydrogens is 673 g/mol. The van der Waals surface area contributed by atoms with Gasteiger partial charge in [-0.05, 0) is 48.6 Å². The fourth-order valence-corrected chi connectivity index (χ4v) is 5.97. The van der Waals surface area contributed by atoms with E-state index in [0.717, 1.165) is 42.1 Å². The number of aliphatic hydroxyl groups excluding tert-OH is 1. The molecule has 0 saturated carbocycles. The molecule has 6 rings (SSSR count). The van der Waals surface area contributed by atoms with Crippen molar-refractivity contribution in [2.24, 2.45) is 11.8 Å². The van der Waals surface area contributed by atoms with Crippen molar-refractivity contribution < 1.29 is 30.0 Å². The van der Waals surface area contributed by atoms with Gasteiger partial charge in [0.25, 0.3) is 0 Å². The molecule has 0 unspecified atom stereocenters. The minimum absolute atomic E-state index is 0. The number of ketones is 1. The SMILES string of the molecule is CCC(CC)C(=O)/C=C(\O)C(CC)CC.Cc1c2ccccc2[c-]c2c1c1cccc3cc4ccnc2n4c31.[Ir]. The summed E-state index contributed by atoms with van der Waals surface area (Å²) in [5, 5.41) is 17.1. The van der Waals surface area contributed by atoms with E-state index in [1.807, 2.05) is 33.9 Å². The standard InChI is InChI=1S/C22H13N2.C13H24O2.Ir/c1-13-17-7-3-2-5-14(17)12-19-20(13)18-8-4-6-15-11-16-9-10-23-22(19)24(16)21(15)18;1-5-10(6-2)12(14)9-13(15)11(7-3)8-4;/h2-11H,1H3;9-11,14H,5-8H2,1-4H3;/q-1;;/b;12-9-;. The van der Waals surface area contributed by atoms with Crippen LogP contribution in [-0.4, -0.2) is 20.3 Å². The van der Waals surface area contributed by atoms with Gasteiger partial charge >= 0.3 is 0 Å². The van der Waals surface area contributed by atoms with Crippen molar-refractivity contribution in [2.45, 2.75) is 60.3 Å². The molecule has 0 fully saturated rings. The predicted molar refractivity (Wildman–Crippen MR) is 164 cm³/mol. The third-order valence-corrected chi connectivity index (χ3v) is 8.30. The molecule has 0 aliphatic heterocycles. The zero-order chi connectivity index (χ0) is 27.7. The summed E-state index contributed by atoms with van der Waals surface area (Å²) in [4.78, 5) is 16.4. The van der Waals surface area contributed by atoms with Gasteiger partial charge in [0.2, 0.25) is 0 Å². The zero-order valence-electron chi connectivity index (χ0n) is 23.9. The van der Waals surface area contributed by atoms with Crippen LogP contribution < -0.4 is 0 Å². The second-order valence-corrected chi connectivity index (χ2v) is 10.5. The summed E-state index contributed by atoms with van der Waals surface area (Å²) in [6.45, 7) is 10.3. The summed E-state index contributed by atoms with van der Waals surface area (Å²) in [6.07, 6.45) is 6.81. The van der Waals surface area contributed by atoms with E-state index in [2.05, 4.69) is 72.0 Å². The maximum atomic E-state index is 11.7. The molecule has 4 nitrogen and oxygen atoms in total.